The van der Waals surface area contributed by atoms with Crippen molar-refractivity contribution in [3.05, 3.63) is 60.9 Å². The minimum Gasteiger partial charge on any atom is -0.436 e. The number of aromatic nitrogens is 3. The third-order valence-corrected chi connectivity index (χ3v) is 2.89. The lowest BCUT2D eigenvalue weighted by Gasteiger charge is -2.11. The van der Waals surface area contributed by atoms with Crippen molar-refractivity contribution in [1.29, 1.82) is 0 Å². The molecule has 0 unspecified atom stereocenters. The lowest BCUT2D eigenvalue weighted by Crippen LogP contribution is -2.17. The van der Waals surface area contributed by atoms with Crippen LogP contribution in [0.4, 0.5) is 13.2 Å². The molecule has 5 nitrogen and oxygen atoms in total. The zero-order valence-corrected chi connectivity index (χ0v) is 12.1. The van der Waals surface area contributed by atoms with Crippen LogP contribution in [0.25, 0.3) is 11.3 Å². The third-order valence-electron chi connectivity index (χ3n) is 2.89. The number of ether oxygens (including phenoxy) is 2. The Bertz CT molecular complexity index is 826. The van der Waals surface area contributed by atoms with Gasteiger partial charge in [-0.3, -0.25) is 0 Å². The number of hydrogen-bond donors (Lipinski definition) is 0. The highest BCUT2D eigenvalue weighted by Gasteiger charge is 2.31. The molecule has 0 N–H and O–H groups in total. The van der Waals surface area contributed by atoms with Crippen LogP contribution in [0.2, 0.25) is 0 Å². The molecule has 2 aromatic carbocycles. The van der Waals surface area contributed by atoms with Gasteiger partial charge in [0.15, 0.2) is 0 Å². The predicted molar refractivity (Wildman–Crippen MR) is 78.5 cm³/mol. The van der Waals surface area contributed by atoms with Crippen molar-refractivity contribution in [3.63, 3.8) is 0 Å². The van der Waals surface area contributed by atoms with E-state index in [0.717, 1.165) is 11.6 Å². The summed E-state index contributed by atoms with van der Waals surface area (Å²) in [6.07, 6.45) is -3.51. The lowest BCUT2D eigenvalue weighted by molar-refractivity contribution is -0.274. The first-order valence-corrected chi connectivity index (χ1v) is 6.78. The normalized spacial score (nSPS) is 11.1. The average molecular weight is 333 g/mol. The molecule has 0 spiro atoms. The van der Waals surface area contributed by atoms with E-state index in [-0.39, 0.29) is 11.6 Å². The number of benzene rings is 2. The fourth-order valence-electron chi connectivity index (χ4n) is 1.97. The molecule has 1 heterocycles. The van der Waals surface area contributed by atoms with E-state index in [1.165, 1.54) is 24.5 Å². The van der Waals surface area contributed by atoms with E-state index in [4.69, 9.17) is 4.74 Å². The molecule has 0 aliphatic rings. The molecule has 0 aliphatic carbocycles. The van der Waals surface area contributed by atoms with E-state index in [9.17, 15) is 13.2 Å². The summed E-state index contributed by atoms with van der Waals surface area (Å²) in [6.45, 7) is 0. The maximum atomic E-state index is 12.3. The molecule has 1 aromatic heterocycles. The fraction of sp³-hybridized carbons (Fsp3) is 0.0625. The quantitative estimate of drug-likeness (QED) is 0.715. The first kappa shape index (κ1) is 15.7. The molecule has 0 saturated heterocycles. The van der Waals surface area contributed by atoms with Crippen LogP contribution in [0.1, 0.15) is 0 Å². The Kier molecular flexibility index (Phi) is 4.28. The molecule has 3 aromatic rings. The van der Waals surface area contributed by atoms with Gasteiger partial charge < -0.3 is 9.47 Å². The molecule has 0 saturated carbocycles. The van der Waals surface area contributed by atoms with Crippen LogP contribution in [-0.4, -0.2) is 21.5 Å². The Morgan fingerprint density at radius 3 is 2.38 bits per heavy atom. The summed E-state index contributed by atoms with van der Waals surface area (Å²) in [4.78, 5) is 4.12. The van der Waals surface area contributed by atoms with Crippen LogP contribution in [0.15, 0.2) is 60.9 Å². The largest absolute Gasteiger partial charge is 0.573 e. The summed E-state index contributed by atoms with van der Waals surface area (Å²) in [6, 6.07) is 14.2. The lowest BCUT2D eigenvalue weighted by atomic mass is 10.1. The molecular formula is C16H10F3N3O2. The maximum absolute atomic E-state index is 12.3. The van der Waals surface area contributed by atoms with Gasteiger partial charge in [0, 0.05) is 11.6 Å². The van der Waals surface area contributed by atoms with Crippen LogP contribution in [0, 0.1) is 0 Å². The second-order valence-electron chi connectivity index (χ2n) is 4.60. The highest BCUT2D eigenvalue weighted by molar-refractivity contribution is 5.64. The van der Waals surface area contributed by atoms with Crippen molar-refractivity contribution in [2.45, 2.75) is 6.36 Å². The SMILES string of the molecule is FC(F)(F)Oc1cccc(Oc2nncnc2-c2ccccc2)c1. The molecule has 0 amide bonds. The standard InChI is InChI=1S/C16H10F3N3O2/c17-16(18,19)24-13-8-4-7-12(9-13)23-15-14(20-10-21-22-15)11-5-2-1-3-6-11/h1-10H. The zero-order valence-electron chi connectivity index (χ0n) is 12.1. The van der Waals surface area contributed by atoms with Gasteiger partial charge in [0.05, 0.1) is 0 Å². The number of rotatable bonds is 4. The van der Waals surface area contributed by atoms with Crippen LogP contribution >= 0.6 is 0 Å². The molecule has 0 bridgehead atoms. The van der Waals surface area contributed by atoms with Gasteiger partial charge in [-0.1, -0.05) is 36.4 Å². The maximum Gasteiger partial charge on any atom is 0.573 e. The molecule has 0 fully saturated rings. The van der Waals surface area contributed by atoms with Crippen molar-refractivity contribution in [2.75, 3.05) is 0 Å². The van der Waals surface area contributed by atoms with Crippen LogP contribution in [0.3, 0.4) is 0 Å². The molecular weight excluding hydrogens is 323 g/mol. The monoisotopic (exact) mass is 333 g/mol. The van der Waals surface area contributed by atoms with Gasteiger partial charge in [-0.2, -0.15) is 0 Å². The van der Waals surface area contributed by atoms with E-state index in [0.29, 0.717) is 5.69 Å². The summed E-state index contributed by atoms with van der Waals surface area (Å²) >= 11 is 0. The predicted octanol–water partition coefficient (Wildman–Crippen LogP) is 4.23. The smallest absolute Gasteiger partial charge is 0.436 e. The Balaban J connectivity index is 1.89. The Hall–Kier alpha value is -3.16. The van der Waals surface area contributed by atoms with Crippen molar-refractivity contribution in [2.24, 2.45) is 0 Å². The highest BCUT2D eigenvalue weighted by Crippen LogP contribution is 2.31. The third kappa shape index (κ3) is 3.97. The van der Waals surface area contributed by atoms with Crippen LogP contribution in [-0.2, 0) is 0 Å². The second kappa shape index (κ2) is 6.53. The molecule has 122 valence electrons. The number of halogens is 3. The minimum atomic E-state index is -4.78. The molecule has 24 heavy (non-hydrogen) atoms. The van der Waals surface area contributed by atoms with Gasteiger partial charge in [0.2, 0.25) is 0 Å². The second-order valence-corrected chi connectivity index (χ2v) is 4.60. The topological polar surface area (TPSA) is 57.1 Å². The molecule has 0 radical (unpaired) electrons. The van der Waals surface area contributed by atoms with E-state index in [1.54, 1.807) is 12.1 Å². The van der Waals surface area contributed by atoms with E-state index >= 15 is 0 Å². The summed E-state index contributed by atoms with van der Waals surface area (Å²) < 4.78 is 46.3. The van der Waals surface area contributed by atoms with Crippen molar-refractivity contribution in [1.82, 2.24) is 15.2 Å². The number of alkyl halides is 3. The van der Waals surface area contributed by atoms with Crippen molar-refractivity contribution < 1.29 is 22.6 Å². The highest BCUT2D eigenvalue weighted by atomic mass is 19.4. The Morgan fingerprint density at radius 2 is 1.62 bits per heavy atom. The number of nitrogens with zero attached hydrogens (tertiary/aromatic N) is 3. The van der Waals surface area contributed by atoms with Gasteiger partial charge in [0.25, 0.3) is 5.88 Å². The summed E-state index contributed by atoms with van der Waals surface area (Å²) in [5.74, 6) is -0.192. The van der Waals surface area contributed by atoms with E-state index in [2.05, 4.69) is 19.9 Å². The van der Waals surface area contributed by atoms with Gasteiger partial charge in [-0.25, -0.2) is 4.98 Å². The van der Waals surface area contributed by atoms with Crippen LogP contribution in [0.5, 0.6) is 17.4 Å². The average Bonchev–Trinajstić information content (AvgIpc) is 2.55. The molecule has 8 heteroatoms. The van der Waals surface area contributed by atoms with Gasteiger partial charge >= 0.3 is 6.36 Å². The Labute approximate surface area is 134 Å². The summed E-state index contributed by atoms with van der Waals surface area (Å²) in [5.41, 5.74) is 1.16. The Morgan fingerprint density at radius 1 is 0.875 bits per heavy atom. The minimum absolute atomic E-state index is 0.0767. The number of hydrogen-bond acceptors (Lipinski definition) is 5. The molecule has 3 rings (SSSR count). The fourth-order valence-corrected chi connectivity index (χ4v) is 1.97. The molecule has 0 atom stereocenters. The van der Waals surface area contributed by atoms with Crippen molar-refractivity contribution >= 4 is 0 Å². The van der Waals surface area contributed by atoms with Gasteiger partial charge in [-0.15, -0.1) is 23.4 Å². The van der Waals surface area contributed by atoms with Gasteiger partial charge in [-0.05, 0) is 12.1 Å². The summed E-state index contributed by atoms with van der Waals surface area (Å²) in [5, 5.41) is 7.51. The van der Waals surface area contributed by atoms with Crippen LogP contribution < -0.4 is 9.47 Å². The van der Waals surface area contributed by atoms with E-state index in [1.807, 2.05) is 18.2 Å². The first-order chi connectivity index (χ1) is 11.5. The zero-order chi connectivity index (χ0) is 17.0. The first-order valence-electron chi connectivity index (χ1n) is 6.78. The summed E-state index contributed by atoms with van der Waals surface area (Å²) in [7, 11) is 0. The van der Waals surface area contributed by atoms with E-state index < -0.39 is 12.1 Å². The molecule has 0 aliphatic heterocycles. The van der Waals surface area contributed by atoms with Gasteiger partial charge in [0.1, 0.15) is 23.5 Å². The van der Waals surface area contributed by atoms with Crippen molar-refractivity contribution in [3.8, 4) is 28.6 Å².